The number of halogens is 1. The van der Waals surface area contributed by atoms with Crippen molar-refractivity contribution in [1.82, 2.24) is 0 Å². The lowest BCUT2D eigenvalue weighted by Crippen LogP contribution is -1.77. The third kappa shape index (κ3) is 1.99. The number of rotatable bonds is 1. The first-order chi connectivity index (χ1) is 5.24. The van der Waals surface area contributed by atoms with E-state index >= 15 is 0 Å². The molecule has 0 saturated carbocycles. The fourth-order valence-electron chi connectivity index (χ4n) is 0.787. The molecule has 0 aromatic heterocycles. The van der Waals surface area contributed by atoms with E-state index in [1.165, 1.54) is 0 Å². The molecule has 0 aliphatic carbocycles. The topological polar surface area (TPSA) is 20.2 Å². The molecule has 0 bridgehead atoms. The quantitative estimate of drug-likeness (QED) is 0.639. The van der Waals surface area contributed by atoms with Crippen molar-refractivity contribution in [2.75, 3.05) is 0 Å². The second-order valence-electron chi connectivity index (χ2n) is 2.32. The van der Waals surface area contributed by atoms with Crippen LogP contribution in [-0.4, -0.2) is 5.11 Å². The van der Waals surface area contributed by atoms with Gasteiger partial charge in [0.2, 0.25) is 0 Å². The van der Waals surface area contributed by atoms with E-state index in [9.17, 15) is 0 Å². The maximum absolute atomic E-state index is 8.66. The van der Waals surface area contributed by atoms with E-state index in [2.05, 4.69) is 0 Å². The van der Waals surface area contributed by atoms with Crippen LogP contribution in [0, 0.1) is 0 Å². The lowest BCUT2D eigenvalue weighted by atomic mass is 10.1. The van der Waals surface area contributed by atoms with Crippen LogP contribution in [0.15, 0.2) is 30.5 Å². The summed E-state index contributed by atoms with van der Waals surface area (Å²) in [5.41, 5.74) is 1.82. The molecule has 0 fully saturated rings. The number of hydrogen-bond donors (Lipinski definition) is 1. The number of benzene rings is 1. The van der Waals surface area contributed by atoms with Crippen molar-refractivity contribution in [3.05, 3.63) is 41.1 Å². The second kappa shape index (κ2) is 3.44. The average molecular weight is 169 g/mol. The highest BCUT2D eigenvalue weighted by Crippen LogP contribution is 2.15. The van der Waals surface area contributed by atoms with Crippen molar-refractivity contribution in [2.24, 2.45) is 0 Å². The van der Waals surface area contributed by atoms with Crippen LogP contribution in [0.1, 0.15) is 12.5 Å². The lowest BCUT2D eigenvalue weighted by molar-refractivity contribution is 0.475. The molecule has 2 heteroatoms. The monoisotopic (exact) mass is 168 g/mol. The molecule has 0 saturated heterocycles. The van der Waals surface area contributed by atoms with E-state index in [0.29, 0.717) is 5.02 Å². The summed E-state index contributed by atoms with van der Waals surface area (Å²) >= 11 is 5.68. The van der Waals surface area contributed by atoms with E-state index in [0.717, 1.165) is 17.4 Å². The lowest BCUT2D eigenvalue weighted by Gasteiger charge is -1.98. The van der Waals surface area contributed by atoms with Crippen LogP contribution in [0.4, 0.5) is 0 Å². The smallest absolute Gasteiger partial charge is 0.0826 e. The molecule has 1 nitrogen and oxygen atoms in total. The summed E-state index contributed by atoms with van der Waals surface area (Å²) in [4.78, 5) is 0. The molecule has 1 aromatic carbocycles. The van der Waals surface area contributed by atoms with Crippen molar-refractivity contribution in [3.63, 3.8) is 0 Å². The van der Waals surface area contributed by atoms with E-state index in [-0.39, 0.29) is 0 Å². The van der Waals surface area contributed by atoms with Crippen LogP contribution in [-0.2, 0) is 0 Å². The van der Waals surface area contributed by atoms with Gasteiger partial charge in [-0.05, 0) is 30.2 Å². The van der Waals surface area contributed by atoms with E-state index < -0.39 is 0 Å². The van der Waals surface area contributed by atoms with Crippen molar-refractivity contribution in [2.45, 2.75) is 6.92 Å². The van der Waals surface area contributed by atoms with Gasteiger partial charge in [0.25, 0.3) is 0 Å². The van der Waals surface area contributed by atoms with Crippen LogP contribution in [0.3, 0.4) is 0 Å². The first kappa shape index (κ1) is 8.15. The Morgan fingerprint density at radius 1 is 1.36 bits per heavy atom. The van der Waals surface area contributed by atoms with Crippen molar-refractivity contribution >= 4 is 17.2 Å². The molecule has 0 spiro atoms. The van der Waals surface area contributed by atoms with Gasteiger partial charge in [0.1, 0.15) is 0 Å². The summed E-state index contributed by atoms with van der Waals surface area (Å²) in [5, 5.41) is 9.37. The standard InChI is InChI=1S/C9H9ClO/c1-7(6-11)8-2-4-9(10)5-3-8/h2-6,11H,1H3/b7-6-. The van der Waals surface area contributed by atoms with Crippen LogP contribution >= 0.6 is 11.6 Å². The highest BCUT2D eigenvalue weighted by atomic mass is 35.5. The summed E-state index contributed by atoms with van der Waals surface area (Å²) in [7, 11) is 0. The Hall–Kier alpha value is -0.950. The number of aliphatic hydroxyl groups excluding tert-OH is 1. The third-order valence-electron chi connectivity index (χ3n) is 1.49. The minimum absolute atomic E-state index is 0.708. The Bertz CT molecular complexity index is 261. The third-order valence-corrected chi connectivity index (χ3v) is 1.75. The molecule has 0 unspecified atom stereocenters. The summed E-state index contributed by atoms with van der Waals surface area (Å²) in [5.74, 6) is 0. The Labute approximate surface area is 70.9 Å². The minimum Gasteiger partial charge on any atom is -0.515 e. The molecule has 0 amide bonds. The normalized spacial score (nSPS) is 11.6. The Morgan fingerprint density at radius 3 is 2.36 bits per heavy atom. The molecule has 11 heavy (non-hydrogen) atoms. The largest absolute Gasteiger partial charge is 0.515 e. The number of aliphatic hydroxyl groups is 1. The Kier molecular flexibility index (Phi) is 2.55. The van der Waals surface area contributed by atoms with Crippen LogP contribution < -0.4 is 0 Å². The predicted octanol–water partition coefficient (Wildman–Crippen LogP) is 3.26. The molecular weight excluding hydrogens is 160 g/mol. The molecule has 58 valence electrons. The SMILES string of the molecule is C/C(=C/O)c1ccc(Cl)cc1. The van der Waals surface area contributed by atoms with E-state index in [1.54, 1.807) is 12.1 Å². The highest BCUT2D eigenvalue weighted by molar-refractivity contribution is 6.30. The van der Waals surface area contributed by atoms with Gasteiger partial charge < -0.3 is 5.11 Å². The van der Waals surface area contributed by atoms with Crippen molar-refractivity contribution < 1.29 is 5.11 Å². The summed E-state index contributed by atoms with van der Waals surface area (Å²) in [6.45, 7) is 1.84. The second-order valence-corrected chi connectivity index (χ2v) is 2.76. The van der Waals surface area contributed by atoms with Crippen molar-refractivity contribution in [1.29, 1.82) is 0 Å². The fourth-order valence-corrected chi connectivity index (χ4v) is 0.913. The summed E-state index contributed by atoms with van der Waals surface area (Å²) < 4.78 is 0. The van der Waals surface area contributed by atoms with Crippen molar-refractivity contribution in [3.8, 4) is 0 Å². The molecule has 0 heterocycles. The van der Waals surface area contributed by atoms with Gasteiger partial charge in [-0.25, -0.2) is 0 Å². The zero-order valence-electron chi connectivity index (χ0n) is 6.21. The van der Waals surface area contributed by atoms with Crippen LogP contribution in [0.5, 0.6) is 0 Å². The number of allylic oxidation sites excluding steroid dienone is 1. The molecule has 1 aromatic rings. The summed E-state index contributed by atoms with van der Waals surface area (Å²) in [6.07, 6.45) is 1.09. The molecule has 0 aliphatic rings. The minimum atomic E-state index is 0.708. The van der Waals surface area contributed by atoms with Gasteiger partial charge in [-0.1, -0.05) is 23.7 Å². The summed E-state index contributed by atoms with van der Waals surface area (Å²) in [6, 6.07) is 7.32. The fraction of sp³-hybridized carbons (Fsp3) is 0.111. The molecule has 0 atom stereocenters. The van der Waals surface area contributed by atoms with Gasteiger partial charge in [0, 0.05) is 5.02 Å². The molecule has 1 N–H and O–H groups in total. The predicted molar refractivity (Wildman–Crippen MR) is 47.7 cm³/mol. The Balaban J connectivity index is 2.99. The first-order valence-electron chi connectivity index (χ1n) is 3.31. The maximum Gasteiger partial charge on any atom is 0.0826 e. The zero-order chi connectivity index (χ0) is 8.27. The highest BCUT2D eigenvalue weighted by Gasteiger charge is 1.93. The number of hydrogen-bond acceptors (Lipinski definition) is 1. The maximum atomic E-state index is 8.66. The van der Waals surface area contributed by atoms with Gasteiger partial charge >= 0.3 is 0 Å². The molecule has 1 rings (SSSR count). The average Bonchev–Trinajstić information content (AvgIpc) is 2.05. The van der Waals surface area contributed by atoms with Crippen LogP contribution in [0.2, 0.25) is 5.02 Å². The van der Waals surface area contributed by atoms with Gasteiger partial charge in [-0.2, -0.15) is 0 Å². The van der Waals surface area contributed by atoms with Gasteiger partial charge in [0.05, 0.1) is 6.26 Å². The Morgan fingerprint density at radius 2 is 1.91 bits per heavy atom. The van der Waals surface area contributed by atoms with Gasteiger partial charge in [0.15, 0.2) is 0 Å². The van der Waals surface area contributed by atoms with Gasteiger partial charge in [-0.3, -0.25) is 0 Å². The van der Waals surface area contributed by atoms with Gasteiger partial charge in [-0.15, -0.1) is 0 Å². The molecule has 0 aliphatic heterocycles. The van der Waals surface area contributed by atoms with E-state index in [1.807, 2.05) is 19.1 Å². The van der Waals surface area contributed by atoms with Crippen LogP contribution in [0.25, 0.3) is 5.57 Å². The molecule has 0 radical (unpaired) electrons. The zero-order valence-corrected chi connectivity index (χ0v) is 6.97. The first-order valence-corrected chi connectivity index (χ1v) is 3.69. The van der Waals surface area contributed by atoms with E-state index in [4.69, 9.17) is 16.7 Å². The molecular formula is C9H9ClO.